The minimum atomic E-state index is -3.44. The van der Waals surface area contributed by atoms with Crippen LogP contribution in [0.4, 0.5) is 0 Å². The Labute approximate surface area is 140 Å². The van der Waals surface area contributed by atoms with Crippen molar-refractivity contribution in [3.05, 3.63) is 35.4 Å². The van der Waals surface area contributed by atoms with Gasteiger partial charge < -0.3 is 0 Å². The van der Waals surface area contributed by atoms with Crippen LogP contribution in [0.3, 0.4) is 0 Å². The molecule has 0 aromatic heterocycles. The van der Waals surface area contributed by atoms with Gasteiger partial charge in [0.15, 0.2) is 0 Å². The van der Waals surface area contributed by atoms with Gasteiger partial charge in [-0.25, -0.2) is 13.1 Å². The van der Waals surface area contributed by atoms with Crippen LogP contribution >= 0.6 is 0 Å². The molecule has 0 amide bonds. The van der Waals surface area contributed by atoms with Crippen LogP contribution < -0.4 is 4.72 Å². The lowest BCUT2D eigenvalue weighted by Crippen LogP contribution is -2.42. The molecule has 1 aromatic carbocycles. The topological polar surface area (TPSA) is 58.6 Å². The van der Waals surface area contributed by atoms with Crippen LogP contribution in [0.2, 0.25) is 0 Å². The van der Waals surface area contributed by atoms with Crippen molar-refractivity contribution in [1.82, 2.24) is 9.79 Å². The van der Waals surface area contributed by atoms with Gasteiger partial charge in [-0.2, -0.15) is 5.06 Å². The summed E-state index contributed by atoms with van der Waals surface area (Å²) < 4.78 is 28.1. The van der Waals surface area contributed by atoms with Crippen LogP contribution in [0.15, 0.2) is 24.3 Å². The molecule has 0 aliphatic carbocycles. The fourth-order valence-electron chi connectivity index (χ4n) is 2.81. The summed E-state index contributed by atoms with van der Waals surface area (Å²) in [5.41, 5.74) is 2.21. The maximum atomic E-state index is 12.7. The summed E-state index contributed by atoms with van der Waals surface area (Å²) >= 11 is 0. The molecule has 1 fully saturated rings. The molecule has 1 N–H and O–H groups in total. The maximum Gasteiger partial charge on any atom is 0.219 e. The molecule has 3 atom stereocenters. The summed E-state index contributed by atoms with van der Waals surface area (Å²) in [7, 11) is -1.65. The number of nitrogens with one attached hydrogen (secondary N) is 1. The number of rotatable bonds is 6. The zero-order valence-corrected chi connectivity index (χ0v) is 15.4. The highest BCUT2D eigenvalue weighted by molar-refractivity contribution is 7.90. The number of sulfonamides is 1. The molecule has 1 saturated heterocycles. The molecule has 0 bridgehead atoms. The quantitative estimate of drug-likeness (QED) is 0.865. The zero-order chi connectivity index (χ0) is 17.2. The van der Waals surface area contributed by atoms with Gasteiger partial charge in [-0.1, -0.05) is 45.0 Å². The van der Waals surface area contributed by atoms with Crippen LogP contribution in [0, 0.1) is 0 Å². The number of hydrogen-bond acceptors (Lipinski definition) is 4. The van der Waals surface area contributed by atoms with E-state index in [2.05, 4.69) is 30.7 Å². The van der Waals surface area contributed by atoms with Crippen molar-refractivity contribution in [2.75, 3.05) is 13.7 Å². The molecule has 0 unspecified atom stereocenters. The Bertz CT molecular complexity index is 613. The van der Waals surface area contributed by atoms with E-state index in [4.69, 9.17) is 4.84 Å². The van der Waals surface area contributed by atoms with Crippen LogP contribution in [0.1, 0.15) is 57.2 Å². The average Bonchev–Trinajstić information content (AvgIpc) is 2.89. The first kappa shape index (κ1) is 18.4. The smallest absolute Gasteiger partial charge is 0.219 e. The summed E-state index contributed by atoms with van der Waals surface area (Å²) in [6.07, 6.45) is 0.760. The normalized spacial score (nSPS) is 24.3. The first-order valence-corrected chi connectivity index (χ1v) is 9.77. The molecule has 1 aliphatic heterocycles. The molecule has 5 nitrogen and oxygen atoms in total. The Morgan fingerprint density at radius 2 is 1.87 bits per heavy atom. The van der Waals surface area contributed by atoms with Crippen molar-refractivity contribution in [3.63, 3.8) is 0 Å². The van der Waals surface area contributed by atoms with Gasteiger partial charge in [0.05, 0.1) is 12.6 Å². The molecule has 0 radical (unpaired) electrons. The second kappa shape index (κ2) is 7.30. The largest absolute Gasteiger partial charge is 0.297 e. The third-order valence-electron chi connectivity index (χ3n) is 4.51. The lowest BCUT2D eigenvalue weighted by Gasteiger charge is -2.24. The number of benzene rings is 1. The molecule has 1 aliphatic rings. The first-order valence-electron chi connectivity index (χ1n) is 8.23. The van der Waals surface area contributed by atoms with Crippen molar-refractivity contribution >= 4 is 10.0 Å². The van der Waals surface area contributed by atoms with Crippen LogP contribution in [0.25, 0.3) is 0 Å². The summed E-state index contributed by atoms with van der Waals surface area (Å²) in [5, 5.41) is 1.05. The molecule has 23 heavy (non-hydrogen) atoms. The highest BCUT2D eigenvalue weighted by Gasteiger charge is 2.43. The van der Waals surface area contributed by atoms with Gasteiger partial charge in [0.2, 0.25) is 10.0 Å². The average molecular weight is 340 g/mol. The lowest BCUT2D eigenvalue weighted by atomic mass is 9.98. The van der Waals surface area contributed by atoms with Crippen LogP contribution in [0.5, 0.6) is 0 Å². The number of hydrogen-bond donors (Lipinski definition) is 1. The molecule has 1 heterocycles. The van der Waals surface area contributed by atoms with E-state index in [1.807, 2.05) is 26.0 Å². The summed E-state index contributed by atoms with van der Waals surface area (Å²) in [6.45, 7) is 8.31. The van der Waals surface area contributed by atoms with Gasteiger partial charge in [0, 0.05) is 13.1 Å². The molecule has 0 saturated carbocycles. The summed E-state index contributed by atoms with van der Waals surface area (Å²) in [5.74, 6) is 0.452. The second-order valence-corrected chi connectivity index (χ2v) is 8.55. The predicted molar refractivity (Wildman–Crippen MR) is 92.6 cm³/mol. The molecule has 0 spiro atoms. The minimum absolute atomic E-state index is 0.0742. The number of nitrogens with zero attached hydrogens (tertiary/aromatic N) is 1. The van der Waals surface area contributed by atoms with Crippen LogP contribution in [-0.2, 0) is 14.9 Å². The Hall–Kier alpha value is -0.950. The van der Waals surface area contributed by atoms with E-state index < -0.39 is 15.3 Å². The van der Waals surface area contributed by atoms with E-state index in [1.165, 1.54) is 5.56 Å². The van der Waals surface area contributed by atoms with Gasteiger partial charge in [-0.3, -0.25) is 4.84 Å². The highest BCUT2D eigenvalue weighted by Crippen LogP contribution is 2.34. The van der Waals surface area contributed by atoms with E-state index >= 15 is 0 Å². The Kier molecular flexibility index (Phi) is 5.84. The Balaban J connectivity index is 2.27. The molecular formula is C17H28N2O3S. The van der Waals surface area contributed by atoms with Crippen molar-refractivity contribution in [2.45, 2.75) is 57.4 Å². The van der Waals surface area contributed by atoms with Crippen LogP contribution in [-0.4, -0.2) is 38.4 Å². The second-order valence-electron chi connectivity index (χ2n) is 6.62. The summed E-state index contributed by atoms with van der Waals surface area (Å²) in [4.78, 5) is 5.53. The van der Waals surface area contributed by atoms with E-state index in [-0.39, 0.29) is 18.7 Å². The van der Waals surface area contributed by atoms with Gasteiger partial charge >= 0.3 is 0 Å². The predicted octanol–water partition coefficient (Wildman–Crippen LogP) is 2.81. The van der Waals surface area contributed by atoms with Gasteiger partial charge in [0.25, 0.3) is 0 Å². The third-order valence-corrected chi connectivity index (χ3v) is 6.43. The van der Waals surface area contributed by atoms with E-state index in [1.54, 1.807) is 12.1 Å². The summed E-state index contributed by atoms with van der Waals surface area (Å²) in [6, 6.07) is 7.79. The molecule has 1 aromatic rings. The fraction of sp³-hybridized carbons (Fsp3) is 0.647. The van der Waals surface area contributed by atoms with Crippen molar-refractivity contribution in [1.29, 1.82) is 0 Å². The highest BCUT2D eigenvalue weighted by atomic mass is 32.2. The SMILES string of the molecule is CC[C@H](C)NS(=O)(=O)[C@@H]1CON(C)[C@@H]1c1ccc(C(C)C)cc1. The fourth-order valence-corrected chi connectivity index (χ4v) is 4.62. The van der Waals surface area contributed by atoms with Crippen molar-refractivity contribution in [2.24, 2.45) is 0 Å². The van der Waals surface area contributed by atoms with Crippen molar-refractivity contribution in [3.8, 4) is 0 Å². The molecule has 6 heteroatoms. The van der Waals surface area contributed by atoms with E-state index in [0.717, 1.165) is 12.0 Å². The maximum absolute atomic E-state index is 12.7. The third kappa shape index (κ3) is 4.12. The first-order chi connectivity index (χ1) is 10.8. The van der Waals surface area contributed by atoms with E-state index in [0.29, 0.717) is 5.92 Å². The van der Waals surface area contributed by atoms with E-state index in [9.17, 15) is 8.42 Å². The Morgan fingerprint density at radius 3 is 2.39 bits per heavy atom. The van der Waals surface area contributed by atoms with Crippen molar-refractivity contribution < 1.29 is 13.3 Å². The standard InChI is InChI=1S/C17H28N2O3S/c1-6-13(4)18-23(20,21)16-11-22-19(5)17(16)15-9-7-14(8-10-15)12(2)3/h7-10,12-13,16-18H,6,11H2,1-5H3/t13-,16+,17+/m0/s1. The number of hydroxylamine groups is 2. The Morgan fingerprint density at radius 1 is 1.26 bits per heavy atom. The molecular weight excluding hydrogens is 312 g/mol. The van der Waals surface area contributed by atoms with Gasteiger partial charge in [-0.05, 0) is 30.4 Å². The molecule has 130 valence electrons. The minimum Gasteiger partial charge on any atom is -0.297 e. The monoisotopic (exact) mass is 340 g/mol. The lowest BCUT2D eigenvalue weighted by molar-refractivity contribution is -0.110. The van der Waals surface area contributed by atoms with Gasteiger partial charge in [-0.15, -0.1) is 0 Å². The zero-order valence-electron chi connectivity index (χ0n) is 14.6. The molecule has 2 rings (SSSR count). The van der Waals surface area contributed by atoms with Gasteiger partial charge in [0.1, 0.15) is 5.25 Å².